The molecule has 0 radical (unpaired) electrons. The van der Waals surface area contributed by atoms with E-state index in [1.54, 1.807) is 62.8 Å². The Kier molecular flexibility index (Phi) is 5.55. The lowest BCUT2D eigenvalue weighted by Crippen LogP contribution is -2.32. The summed E-state index contributed by atoms with van der Waals surface area (Å²) in [7, 11) is 3.13. The molecule has 0 aromatic heterocycles. The summed E-state index contributed by atoms with van der Waals surface area (Å²) >= 11 is 0. The van der Waals surface area contributed by atoms with Crippen LogP contribution in [-0.2, 0) is 16.1 Å². The number of carbonyl (C=O) groups is 2. The fourth-order valence-electron chi connectivity index (χ4n) is 3.98. The number of para-hydroxylation sites is 1. The number of benzene rings is 3. The lowest BCUT2D eigenvalue weighted by atomic mass is 10.0. The molecule has 0 unspecified atom stereocenters. The van der Waals surface area contributed by atoms with Gasteiger partial charge in [-0.2, -0.15) is 0 Å². The number of imide groups is 1. The molecular formula is C26H22N2O6. The van der Waals surface area contributed by atoms with Crippen molar-refractivity contribution in [3.05, 3.63) is 83.6 Å². The zero-order valence-corrected chi connectivity index (χ0v) is 18.7. The van der Waals surface area contributed by atoms with Crippen LogP contribution in [-0.4, -0.2) is 37.7 Å². The van der Waals surface area contributed by atoms with Gasteiger partial charge >= 0.3 is 0 Å². The highest BCUT2D eigenvalue weighted by molar-refractivity contribution is 6.36. The van der Waals surface area contributed by atoms with Gasteiger partial charge < -0.3 is 24.3 Å². The SMILES string of the molecule is COc1ccc(C2=C(Nc3ccc4c(c3)OCO4)C(=O)N(Cc3ccccc3OC)C2=O)cc1. The van der Waals surface area contributed by atoms with Crippen LogP contribution in [0.1, 0.15) is 11.1 Å². The van der Waals surface area contributed by atoms with Crippen molar-refractivity contribution in [1.82, 2.24) is 4.90 Å². The van der Waals surface area contributed by atoms with Crippen molar-refractivity contribution >= 4 is 23.1 Å². The Balaban J connectivity index is 1.53. The molecule has 0 aliphatic carbocycles. The van der Waals surface area contributed by atoms with Gasteiger partial charge in [-0.3, -0.25) is 14.5 Å². The fraction of sp³-hybridized carbons (Fsp3) is 0.154. The normalized spacial score (nSPS) is 14.6. The van der Waals surface area contributed by atoms with E-state index < -0.39 is 11.8 Å². The average Bonchev–Trinajstić information content (AvgIpc) is 3.43. The van der Waals surface area contributed by atoms with Crippen LogP contribution < -0.4 is 24.3 Å². The van der Waals surface area contributed by atoms with Crippen LogP contribution in [0.15, 0.2) is 72.4 Å². The lowest BCUT2D eigenvalue weighted by Gasteiger charge is -2.17. The van der Waals surface area contributed by atoms with Gasteiger partial charge in [0.05, 0.1) is 26.3 Å². The second kappa shape index (κ2) is 8.82. The highest BCUT2D eigenvalue weighted by Gasteiger charge is 2.39. The molecule has 0 atom stereocenters. The first-order chi connectivity index (χ1) is 16.6. The second-order valence-corrected chi connectivity index (χ2v) is 7.68. The molecule has 0 saturated carbocycles. The van der Waals surface area contributed by atoms with Gasteiger partial charge in [0.1, 0.15) is 17.2 Å². The summed E-state index contributed by atoms with van der Waals surface area (Å²) in [6.45, 7) is 0.219. The quantitative estimate of drug-likeness (QED) is 0.539. The third-order valence-corrected chi connectivity index (χ3v) is 5.71. The van der Waals surface area contributed by atoms with E-state index in [1.165, 1.54) is 4.90 Å². The first kappa shape index (κ1) is 21.4. The Morgan fingerprint density at radius 1 is 0.882 bits per heavy atom. The summed E-state index contributed by atoms with van der Waals surface area (Å²) < 4.78 is 21.5. The van der Waals surface area contributed by atoms with E-state index in [0.717, 1.165) is 5.56 Å². The Bertz CT molecular complexity index is 1300. The van der Waals surface area contributed by atoms with Crippen LogP contribution in [0.4, 0.5) is 5.69 Å². The van der Waals surface area contributed by atoms with E-state index in [4.69, 9.17) is 18.9 Å². The van der Waals surface area contributed by atoms with Crippen LogP contribution >= 0.6 is 0 Å². The Labute approximate surface area is 196 Å². The number of hydrogen-bond acceptors (Lipinski definition) is 7. The number of fused-ring (bicyclic) bond motifs is 1. The number of ether oxygens (including phenoxy) is 4. The topological polar surface area (TPSA) is 86.3 Å². The maximum Gasteiger partial charge on any atom is 0.278 e. The first-order valence-electron chi connectivity index (χ1n) is 10.6. The van der Waals surface area contributed by atoms with Crippen molar-refractivity contribution in [2.45, 2.75) is 6.54 Å². The number of nitrogens with zero attached hydrogens (tertiary/aromatic N) is 1. The number of carbonyl (C=O) groups excluding carboxylic acids is 2. The molecule has 0 saturated heterocycles. The van der Waals surface area contributed by atoms with Crippen molar-refractivity contribution in [3.63, 3.8) is 0 Å². The van der Waals surface area contributed by atoms with E-state index in [0.29, 0.717) is 34.2 Å². The monoisotopic (exact) mass is 458 g/mol. The molecule has 1 N–H and O–H groups in total. The molecule has 3 aromatic rings. The molecule has 8 heteroatoms. The highest BCUT2D eigenvalue weighted by atomic mass is 16.7. The zero-order chi connectivity index (χ0) is 23.7. The van der Waals surface area contributed by atoms with Crippen LogP contribution in [0.5, 0.6) is 23.0 Å². The Hall–Kier alpha value is -4.46. The number of methoxy groups -OCH3 is 2. The fourth-order valence-corrected chi connectivity index (χ4v) is 3.98. The molecular weight excluding hydrogens is 436 g/mol. The summed E-state index contributed by atoms with van der Waals surface area (Å²) in [6, 6.07) is 19.6. The van der Waals surface area contributed by atoms with Gasteiger partial charge in [-0.05, 0) is 35.9 Å². The Morgan fingerprint density at radius 2 is 1.65 bits per heavy atom. The largest absolute Gasteiger partial charge is 0.497 e. The zero-order valence-electron chi connectivity index (χ0n) is 18.7. The van der Waals surface area contributed by atoms with Crippen LogP contribution in [0.2, 0.25) is 0 Å². The molecule has 8 nitrogen and oxygen atoms in total. The Morgan fingerprint density at radius 3 is 2.41 bits per heavy atom. The molecule has 5 rings (SSSR count). The highest BCUT2D eigenvalue weighted by Crippen LogP contribution is 2.37. The molecule has 0 spiro atoms. The van der Waals surface area contributed by atoms with Crippen LogP contribution in [0.25, 0.3) is 5.57 Å². The van der Waals surface area contributed by atoms with Crippen molar-refractivity contribution < 1.29 is 28.5 Å². The maximum absolute atomic E-state index is 13.6. The van der Waals surface area contributed by atoms with Crippen LogP contribution in [0.3, 0.4) is 0 Å². The van der Waals surface area contributed by atoms with Crippen molar-refractivity contribution in [2.75, 3.05) is 26.3 Å². The lowest BCUT2D eigenvalue weighted by molar-refractivity contribution is -0.137. The minimum atomic E-state index is -0.431. The number of anilines is 1. The number of rotatable bonds is 7. The molecule has 34 heavy (non-hydrogen) atoms. The van der Waals surface area contributed by atoms with E-state index in [9.17, 15) is 9.59 Å². The standard InChI is InChI=1S/C26H22N2O6/c1-31-19-10-7-16(8-11-19)23-24(27-18-9-12-21-22(13-18)34-15-33-21)26(30)28(25(23)29)14-17-5-3-4-6-20(17)32-2/h3-13,27H,14-15H2,1-2H3. The summed E-state index contributed by atoms with van der Waals surface area (Å²) in [5, 5.41) is 3.14. The first-order valence-corrected chi connectivity index (χ1v) is 10.6. The number of hydrogen-bond donors (Lipinski definition) is 1. The maximum atomic E-state index is 13.6. The molecule has 0 bridgehead atoms. The van der Waals surface area contributed by atoms with E-state index >= 15 is 0 Å². The van der Waals surface area contributed by atoms with Gasteiger partial charge in [0.15, 0.2) is 11.5 Å². The van der Waals surface area contributed by atoms with Gasteiger partial charge in [-0.25, -0.2) is 0 Å². The third-order valence-electron chi connectivity index (χ3n) is 5.71. The van der Waals surface area contributed by atoms with Gasteiger partial charge in [0.25, 0.3) is 11.8 Å². The average molecular weight is 458 g/mol. The minimum Gasteiger partial charge on any atom is -0.497 e. The van der Waals surface area contributed by atoms with E-state index in [2.05, 4.69) is 5.32 Å². The summed E-state index contributed by atoms with van der Waals surface area (Å²) in [4.78, 5) is 28.3. The van der Waals surface area contributed by atoms with Gasteiger partial charge in [0, 0.05) is 17.3 Å². The molecule has 3 aromatic carbocycles. The molecule has 172 valence electrons. The minimum absolute atomic E-state index is 0.0770. The predicted molar refractivity (Wildman–Crippen MR) is 125 cm³/mol. The molecule has 2 aliphatic heterocycles. The van der Waals surface area contributed by atoms with E-state index in [-0.39, 0.29) is 24.6 Å². The summed E-state index contributed by atoms with van der Waals surface area (Å²) in [6.07, 6.45) is 0. The third kappa shape index (κ3) is 3.79. The van der Waals surface area contributed by atoms with Crippen molar-refractivity contribution in [1.29, 1.82) is 0 Å². The molecule has 2 amide bonds. The second-order valence-electron chi connectivity index (χ2n) is 7.68. The number of amides is 2. The smallest absolute Gasteiger partial charge is 0.278 e. The van der Waals surface area contributed by atoms with E-state index in [1.807, 2.05) is 18.2 Å². The summed E-state index contributed by atoms with van der Waals surface area (Å²) in [5.41, 5.74) is 2.39. The summed E-state index contributed by atoms with van der Waals surface area (Å²) in [5.74, 6) is 1.62. The van der Waals surface area contributed by atoms with Crippen molar-refractivity contribution in [3.8, 4) is 23.0 Å². The van der Waals surface area contributed by atoms with Crippen molar-refractivity contribution in [2.24, 2.45) is 0 Å². The number of nitrogens with one attached hydrogen (secondary N) is 1. The predicted octanol–water partition coefficient (Wildman–Crippen LogP) is 3.82. The van der Waals surface area contributed by atoms with Gasteiger partial charge in [0.2, 0.25) is 6.79 Å². The molecule has 2 heterocycles. The van der Waals surface area contributed by atoms with Gasteiger partial charge in [-0.1, -0.05) is 30.3 Å². The van der Waals surface area contributed by atoms with Crippen LogP contribution in [0, 0.1) is 0 Å². The molecule has 2 aliphatic rings. The molecule has 0 fully saturated rings. The van der Waals surface area contributed by atoms with Gasteiger partial charge in [-0.15, -0.1) is 0 Å².